The fourth-order valence-electron chi connectivity index (χ4n) is 4.89. The van der Waals surface area contributed by atoms with Crippen molar-refractivity contribution in [1.29, 1.82) is 0 Å². The van der Waals surface area contributed by atoms with Gasteiger partial charge in [-0.15, -0.1) is 11.3 Å². The summed E-state index contributed by atoms with van der Waals surface area (Å²) in [4.78, 5) is 22.3. The maximum absolute atomic E-state index is 13.0. The number of carbonyl (C=O) groups excluding carboxylic acids is 1. The van der Waals surface area contributed by atoms with E-state index in [1.54, 1.807) is 0 Å². The Hall–Kier alpha value is -2.18. The van der Waals surface area contributed by atoms with Crippen molar-refractivity contribution in [3.05, 3.63) is 53.3 Å². The summed E-state index contributed by atoms with van der Waals surface area (Å²) in [5.74, 6) is 0.771. The average Bonchev–Trinajstić information content (AvgIpc) is 3.47. The Kier molecular flexibility index (Phi) is 5.14. The summed E-state index contributed by atoms with van der Waals surface area (Å²) < 4.78 is 3.46. The highest BCUT2D eigenvalue weighted by atomic mass is 32.1. The highest BCUT2D eigenvalue weighted by Gasteiger charge is 2.32. The maximum atomic E-state index is 13.0. The van der Waals surface area contributed by atoms with Crippen LogP contribution in [0.1, 0.15) is 48.3 Å². The Labute approximate surface area is 175 Å². The minimum Gasteiger partial charge on any atom is -0.353 e. The highest BCUT2D eigenvalue weighted by molar-refractivity contribution is 7.18. The van der Waals surface area contributed by atoms with Crippen LogP contribution in [0.5, 0.6) is 0 Å². The Morgan fingerprint density at radius 2 is 1.93 bits per heavy atom. The monoisotopic (exact) mass is 408 g/mol. The van der Waals surface area contributed by atoms with E-state index in [4.69, 9.17) is 4.98 Å². The van der Waals surface area contributed by atoms with Crippen molar-refractivity contribution in [3.63, 3.8) is 0 Å². The summed E-state index contributed by atoms with van der Waals surface area (Å²) in [6.07, 6.45) is 6.45. The summed E-state index contributed by atoms with van der Waals surface area (Å²) in [5.41, 5.74) is 2.43. The molecule has 2 aliphatic heterocycles. The molecule has 0 bridgehead atoms. The summed E-state index contributed by atoms with van der Waals surface area (Å²) in [5, 5.41) is 1.24. The molecule has 0 radical (unpaired) electrons. The molecule has 2 fully saturated rings. The topological polar surface area (TPSA) is 41.4 Å². The van der Waals surface area contributed by atoms with Crippen molar-refractivity contribution in [2.45, 2.75) is 37.6 Å². The lowest BCUT2D eigenvalue weighted by molar-refractivity contribution is -0.133. The Morgan fingerprint density at radius 3 is 2.69 bits per heavy atom. The number of thiazole rings is 1. The molecule has 5 nitrogen and oxygen atoms in total. The number of hydrogen-bond acceptors (Lipinski definition) is 4. The average molecular weight is 409 g/mol. The van der Waals surface area contributed by atoms with Gasteiger partial charge in [-0.05, 0) is 56.5 Å². The molecule has 0 N–H and O–H groups in total. The smallest absolute Gasteiger partial charge is 0.236 e. The number of para-hydroxylation sites is 1. The van der Waals surface area contributed by atoms with Crippen molar-refractivity contribution in [2.75, 3.05) is 26.2 Å². The van der Waals surface area contributed by atoms with Crippen molar-refractivity contribution < 1.29 is 4.79 Å². The standard InChI is InChI=1S/C23H28N4OS/c1-25-12-4-7-19(25)20-8-5-13-27(20)16-22(28)26-14-10-17(11-15-26)23-24-18-6-2-3-9-21(18)29-23/h2-4,6-7,9,12,17,20H,5,8,10-11,13-16H2,1H3/t20-/m1/s1. The minimum atomic E-state index is 0.286. The Bertz CT molecular complexity index is 968. The summed E-state index contributed by atoms with van der Waals surface area (Å²) in [7, 11) is 2.10. The van der Waals surface area contributed by atoms with E-state index in [-0.39, 0.29) is 5.91 Å². The molecule has 0 saturated carbocycles. The van der Waals surface area contributed by atoms with Crippen LogP contribution in [0.25, 0.3) is 10.2 Å². The fraction of sp³-hybridized carbons (Fsp3) is 0.478. The molecular formula is C23H28N4OS. The number of benzene rings is 1. The number of rotatable bonds is 4. The van der Waals surface area contributed by atoms with Gasteiger partial charge in [-0.3, -0.25) is 9.69 Å². The third-order valence-corrected chi connectivity index (χ3v) is 7.73. The molecule has 2 saturated heterocycles. The third-order valence-electron chi connectivity index (χ3n) is 6.53. The molecule has 6 heteroatoms. The van der Waals surface area contributed by atoms with Gasteiger partial charge in [0.05, 0.1) is 27.8 Å². The van der Waals surface area contributed by atoms with Gasteiger partial charge in [-0.25, -0.2) is 4.98 Å². The second-order valence-corrected chi connectivity index (χ2v) is 9.41. The molecule has 0 aliphatic carbocycles. The van der Waals surface area contributed by atoms with Crippen molar-refractivity contribution in [3.8, 4) is 0 Å². The molecule has 5 rings (SSSR count). The molecule has 2 aromatic heterocycles. The van der Waals surface area contributed by atoms with Gasteiger partial charge < -0.3 is 9.47 Å². The van der Waals surface area contributed by atoms with Crippen LogP contribution >= 0.6 is 11.3 Å². The maximum Gasteiger partial charge on any atom is 0.236 e. The molecule has 2 aliphatic rings. The molecule has 4 heterocycles. The zero-order valence-electron chi connectivity index (χ0n) is 17.0. The second-order valence-electron chi connectivity index (χ2n) is 8.35. The van der Waals surface area contributed by atoms with E-state index < -0.39 is 0 Å². The Morgan fingerprint density at radius 1 is 1.10 bits per heavy atom. The number of aromatic nitrogens is 2. The molecule has 1 amide bonds. The van der Waals surface area contributed by atoms with Crippen LogP contribution in [0.2, 0.25) is 0 Å². The molecule has 1 aromatic carbocycles. The van der Waals surface area contributed by atoms with Gasteiger partial charge in [0.15, 0.2) is 0 Å². The molecular weight excluding hydrogens is 380 g/mol. The number of likely N-dealkylation sites (tertiary alicyclic amines) is 2. The SMILES string of the molecule is Cn1cccc1[C@H]1CCCN1CC(=O)N1CCC(c2nc3ccccc3s2)CC1. The van der Waals surface area contributed by atoms with Crippen LogP contribution in [-0.2, 0) is 11.8 Å². The van der Waals surface area contributed by atoms with E-state index in [9.17, 15) is 4.79 Å². The van der Waals surface area contributed by atoms with Gasteiger partial charge in [0.25, 0.3) is 0 Å². The third kappa shape index (κ3) is 3.71. The van der Waals surface area contributed by atoms with Gasteiger partial charge in [0.2, 0.25) is 5.91 Å². The lowest BCUT2D eigenvalue weighted by Crippen LogP contribution is -2.43. The number of hydrogen-bond donors (Lipinski definition) is 0. The number of carbonyl (C=O) groups is 1. The number of amides is 1. The van der Waals surface area contributed by atoms with E-state index in [0.717, 1.165) is 44.4 Å². The van der Waals surface area contributed by atoms with Gasteiger partial charge in [-0.2, -0.15) is 0 Å². The highest BCUT2D eigenvalue weighted by Crippen LogP contribution is 2.35. The number of aryl methyl sites for hydroxylation is 1. The summed E-state index contributed by atoms with van der Waals surface area (Å²) in [6.45, 7) is 3.26. The summed E-state index contributed by atoms with van der Waals surface area (Å²) in [6, 6.07) is 13.0. The first kappa shape index (κ1) is 18.8. The van der Waals surface area contributed by atoms with Gasteiger partial charge >= 0.3 is 0 Å². The van der Waals surface area contributed by atoms with Crippen LogP contribution in [0.3, 0.4) is 0 Å². The minimum absolute atomic E-state index is 0.286. The predicted molar refractivity (Wildman–Crippen MR) is 117 cm³/mol. The molecule has 152 valence electrons. The quantitative estimate of drug-likeness (QED) is 0.650. The molecule has 3 aromatic rings. The first-order valence-electron chi connectivity index (χ1n) is 10.7. The van der Waals surface area contributed by atoms with Crippen LogP contribution < -0.4 is 0 Å². The van der Waals surface area contributed by atoms with Crippen LogP contribution in [0.15, 0.2) is 42.6 Å². The number of fused-ring (bicyclic) bond motifs is 1. The van der Waals surface area contributed by atoms with E-state index in [0.29, 0.717) is 18.5 Å². The zero-order chi connectivity index (χ0) is 19.8. The fourth-order valence-corrected chi connectivity index (χ4v) is 6.02. The first-order chi connectivity index (χ1) is 14.2. The van der Waals surface area contributed by atoms with Gasteiger partial charge in [0.1, 0.15) is 0 Å². The zero-order valence-corrected chi connectivity index (χ0v) is 17.8. The van der Waals surface area contributed by atoms with Crippen molar-refractivity contribution >= 4 is 27.5 Å². The molecule has 1 atom stereocenters. The van der Waals surface area contributed by atoms with Crippen LogP contribution in [-0.4, -0.2) is 51.4 Å². The van der Waals surface area contributed by atoms with Gasteiger partial charge in [-0.1, -0.05) is 12.1 Å². The number of piperidine rings is 1. The molecule has 0 unspecified atom stereocenters. The Balaban J connectivity index is 1.19. The van der Waals surface area contributed by atoms with E-state index in [2.05, 4.69) is 57.9 Å². The predicted octanol–water partition coefficient (Wildman–Crippen LogP) is 4.18. The summed E-state index contributed by atoms with van der Waals surface area (Å²) >= 11 is 1.81. The van der Waals surface area contributed by atoms with Crippen molar-refractivity contribution in [1.82, 2.24) is 19.4 Å². The lowest BCUT2D eigenvalue weighted by Gasteiger charge is -2.33. The molecule has 0 spiro atoms. The van der Waals surface area contributed by atoms with Crippen LogP contribution in [0.4, 0.5) is 0 Å². The first-order valence-corrected chi connectivity index (χ1v) is 11.5. The van der Waals surface area contributed by atoms with Crippen molar-refractivity contribution in [2.24, 2.45) is 7.05 Å². The largest absolute Gasteiger partial charge is 0.353 e. The lowest BCUT2D eigenvalue weighted by atomic mass is 9.97. The van der Waals surface area contributed by atoms with Gasteiger partial charge in [0, 0.05) is 37.9 Å². The van der Waals surface area contributed by atoms with E-state index in [1.165, 1.54) is 21.8 Å². The van der Waals surface area contributed by atoms with E-state index in [1.807, 2.05) is 17.4 Å². The van der Waals surface area contributed by atoms with E-state index >= 15 is 0 Å². The van der Waals surface area contributed by atoms with Crippen LogP contribution in [0, 0.1) is 0 Å². The second kappa shape index (κ2) is 7.92. The normalized spacial score (nSPS) is 21.3. The number of nitrogens with zero attached hydrogens (tertiary/aromatic N) is 4. The molecule has 29 heavy (non-hydrogen) atoms.